The zero-order valence-electron chi connectivity index (χ0n) is 13.3. The summed E-state index contributed by atoms with van der Waals surface area (Å²) in [5.41, 5.74) is 2.99. The van der Waals surface area contributed by atoms with E-state index in [1.165, 1.54) is 23.5 Å². The maximum Gasteiger partial charge on any atom is 0.230 e. The lowest BCUT2D eigenvalue weighted by atomic mass is 10.1. The van der Waals surface area contributed by atoms with Crippen LogP contribution in [0, 0.1) is 12.7 Å². The summed E-state index contributed by atoms with van der Waals surface area (Å²) in [5, 5.41) is 3.40. The van der Waals surface area contributed by atoms with Gasteiger partial charge in [-0.25, -0.2) is 9.37 Å². The van der Waals surface area contributed by atoms with Gasteiger partial charge in [-0.1, -0.05) is 36.4 Å². The number of thiazole rings is 1. The van der Waals surface area contributed by atoms with Crippen molar-refractivity contribution >= 4 is 22.4 Å². The second-order valence-corrected chi connectivity index (χ2v) is 6.71. The molecular formula is C19H17FN2OS. The minimum Gasteiger partial charge on any atom is -0.302 e. The zero-order valence-corrected chi connectivity index (χ0v) is 14.1. The smallest absolute Gasteiger partial charge is 0.230 e. The molecule has 1 heterocycles. The van der Waals surface area contributed by atoms with E-state index in [0.29, 0.717) is 18.0 Å². The van der Waals surface area contributed by atoms with Crippen LogP contribution >= 0.6 is 11.3 Å². The summed E-state index contributed by atoms with van der Waals surface area (Å²) < 4.78 is 13.2. The molecule has 24 heavy (non-hydrogen) atoms. The summed E-state index contributed by atoms with van der Waals surface area (Å²) in [6.45, 7) is 1.99. The van der Waals surface area contributed by atoms with Gasteiger partial charge in [0, 0.05) is 17.5 Å². The van der Waals surface area contributed by atoms with E-state index < -0.39 is 0 Å². The number of anilines is 1. The van der Waals surface area contributed by atoms with Crippen molar-refractivity contribution in [2.75, 3.05) is 5.32 Å². The van der Waals surface area contributed by atoms with Crippen LogP contribution in [-0.4, -0.2) is 10.9 Å². The van der Waals surface area contributed by atoms with Crippen LogP contribution in [0.4, 0.5) is 9.52 Å². The highest BCUT2D eigenvalue weighted by atomic mass is 32.1. The number of aryl methyl sites for hydroxylation is 1. The van der Waals surface area contributed by atoms with Crippen molar-refractivity contribution in [3.8, 4) is 0 Å². The fraction of sp³-hybridized carbons (Fsp3) is 0.158. The molecule has 2 aromatic carbocycles. The van der Waals surface area contributed by atoms with E-state index in [1.54, 1.807) is 12.3 Å². The minimum atomic E-state index is -0.247. The van der Waals surface area contributed by atoms with Gasteiger partial charge in [-0.3, -0.25) is 4.79 Å². The number of amides is 1. The summed E-state index contributed by atoms with van der Waals surface area (Å²) in [6, 6.07) is 14.3. The van der Waals surface area contributed by atoms with Crippen LogP contribution in [0.5, 0.6) is 0 Å². The van der Waals surface area contributed by atoms with Crippen LogP contribution in [0.3, 0.4) is 0 Å². The predicted molar refractivity (Wildman–Crippen MR) is 94.8 cm³/mol. The van der Waals surface area contributed by atoms with E-state index >= 15 is 0 Å². The molecule has 0 saturated heterocycles. The third-order valence-corrected chi connectivity index (χ3v) is 4.59. The van der Waals surface area contributed by atoms with Crippen molar-refractivity contribution in [1.29, 1.82) is 0 Å². The molecule has 0 bridgehead atoms. The quantitative estimate of drug-likeness (QED) is 0.750. The molecule has 1 N–H and O–H groups in total. The van der Waals surface area contributed by atoms with Crippen LogP contribution in [0.2, 0.25) is 0 Å². The fourth-order valence-corrected chi connectivity index (χ4v) is 3.30. The number of nitrogens with zero attached hydrogens (tertiary/aromatic N) is 1. The van der Waals surface area contributed by atoms with E-state index in [9.17, 15) is 9.18 Å². The van der Waals surface area contributed by atoms with Crippen molar-refractivity contribution in [3.63, 3.8) is 0 Å². The summed E-state index contributed by atoms with van der Waals surface area (Å²) >= 11 is 1.41. The lowest BCUT2D eigenvalue weighted by molar-refractivity contribution is -0.115. The van der Waals surface area contributed by atoms with Gasteiger partial charge in [0.15, 0.2) is 5.13 Å². The molecule has 122 valence electrons. The number of hydrogen-bond acceptors (Lipinski definition) is 3. The van der Waals surface area contributed by atoms with E-state index in [1.807, 2.05) is 37.3 Å². The lowest BCUT2D eigenvalue weighted by Crippen LogP contribution is -2.14. The predicted octanol–water partition coefficient (Wildman–Crippen LogP) is 4.36. The Hall–Kier alpha value is -2.53. The average Bonchev–Trinajstić information content (AvgIpc) is 2.96. The molecule has 1 aromatic heterocycles. The normalized spacial score (nSPS) is 10.6. The summed E-state index contributed by atoms with van der Waals surface area (Å²) in [4.78, 5) is 17.4. The molecule has 0 saturated carbocycles. The number of aromatic nitrogens is 1. The Kier molecular flexibility index (Phi) is 5.01. The van der Waals surface area contributed by atoms with Gasteiger partial charge in [0.25, 0.3) is 0 Å². The molecular weight excluding hydrogens is 323 g/mol. The number of carbonyl (C=O) groups is 1. The SMILES string of the molecule is Cc1ccccc1CC(=O)Nc1ncc(Cc2cccc(F)c2)s1. The first-order chi connectivity index (χ1) is 11.6. The molecule has 0 spiro atoms. The molecule has 0 unspecified atom stereocenters. The molecule has 3 rings (SSSR count). The van der Waals surface area contributed by atoms with Crippen molar-refractivity contribution in [1.82, 2.24) is 4.98 Å². The number of benzene rings is 2. The van der Waals surface area contributed by atoms with Gasteiger partial charge in [0.1, 0.15) is 5.82 Å². The van der Waals surface area contributed by atoms with E-state index in [-0.39, 0.29) is 11.7 Å². The van der Waals surface area contributed by atoms with Crippen LogP contribution in [0.25, 0.3) is 0 Å². The van der Waals surface area contributed by atoms with Crippen molar-refractivity contribution < 1.29 is 9.18 Å². The van der Waals surface area contributed by atoms with Gasteiger partial charge < -0.3 is 5.32 Å². The summed E-state index contributed by atoms with van der Waals surface area (Å²) in [7, 11) is 0. The average molecular weight is 340 g/mol. The second-order valence-electron chi connectivity index (χ2n) is 5.59. The van der Waals surface area contributed by atoms with Gasteiger partial charge in [0.2, 0.25) is 5.91 Å². The lowest BCUT2D eigenvalue weighted by Gasteiger charge is -2.05. The Labute approximate surface area is 144 Å². The maximum atomic E-state index is 13.2. The summed E-state index contributed by atoms with van der Waals surface area (Å²) in [5.74, 6) is -0.334. The monoisotopic (exact) mass is 340 g/mol. The molecule has 3 nitrogen and oxygen atoms in total. The Morgan fingerprint density at radius 1 is 1.21 bits per heavy atom. The molecule has 5 heteroatoms. The highest BCUT2D eigenvalue weighted by Gasteiger charge is 2.09. The van der Waals surface area contributed by atoms with E-state index in [2.05, 4.69) is 10.3 Å². The van der Waals surface area contributed by atoms with Crippen LogP contribution in [0.15, 0.2) is 54.7 Å². The number of nitrogens with one attached hydrogen (secondary N) is 1. The van der Waals surface area contributed by atoms with Crippen molar-refractivity contribution in [3.05, 3.63) is 82.1 Å². The van der Waals surface area contributed by atoms with Crippen LogP contribution < -0.4 is 5.32 Å². The molecule has 0 atom stereocenters. The molecule has 0 fully saturated rings. The molecule has 3 aromatic rings. The first-order valence-electron chi connectivity index (χ1n) is 7.63. The number of halogens is 1. The fourth-order valence-electron chi connectivity index (χ4n) is 2.44. The largest absolute Gasteiger partial charge is 0.302 e. The first kappa shape index (κ1) is 16.3. The van der Waals surface area contributed by atoms with Crippen molar-refractivity contribution in [2.24, 2.45) is 0 Å². The maximum absolute atomic E-state index is 13.2. The molecule has 1 amide bonds. The molecule has 0 radical (unpaired) electrons. The van der Waals surface area contributed by atoms with E-state index in [4.69, 9.17) is 0 Å². The van der Waals surface area contributed by atoms with Crippen molar-refractivity contribution in [2.45, 2.75) is 19.8 Å². The van der Waals surface area contributed by atoms with Crippen LogP contribution in [-0.2, 0) is 17.6 Å². The molecule has 0 aliphatic carbocycles. The van der Waals surface area contributed by atoms with Gasteiger partial charge in [-0.15, -0.1) is 11.3 Å². The Morgan fingerprint density at radius 3 is 2.83 bits per heavy atom. The highest BCUT2D eigenvalue weighted by Crippen LogP contribution is 2.22. The first-order valence-corrected chi connectivity index (χ1v) is 8.45. The number of carbonyl (C=O) groups excluding carboxylic acids is 1. The van der Waals surface area contributed by atoms with Gasteiger partial charge in [0.05, 0.1) is 6.42 Å². The topological polar surface area (TPSA) is 42.0 Å². The number of rotatable bonds is 5. The van der Waals surface area contributed by atoms with Gasteiger partial charge in [-0.05, 0) is 35.7 Å². The van der Waals surface area contributed by atoms with Gasteiger partial charge in [-0.2, -0.15) is 0 Å². The second kappa shape index (κ2) is 7.36. The summed E-state index contributed by atoms with van der Waals surface area (Å²) in [6.07, 6.45) is 2.65. The molecule has 0 aliphatic heterocycles. The third kappa shape index (κ3) is 4.26. The van der Waals surface area contributed by atoms with Gasteiger partial charge >= 0.3 is 0 Å². The third-order valence-electron chi connectivity index (χ3n) is 3.68. The number of hydrogen-bond donors (Lipinski definition) is 1. The van der Waals surface area contributed by atoms with E-state index in [0.717, 1.165) is 21.6 Å². The van der Waals surface area contributed by atoms with Crippen LogP contribution in [0.1, 0.15) is 21.6 Å². The zero-order chi connectivity index (χ0) is 16.9. The Bertz CT molecular complexity index is 860. The molecule has 0 aliphatic rings. The minimum absolute atomic E-state index is 0.0871. The Balaban J connectivity index is 1.61. The Morgan fingerprint density at radius 2 is 2.04 bits per heavy atom. The highest BCUT2D eigenvalue weighted by molar-refractivity contribution is 7.15. The standard InChI is InChI=1S/C19H17FN2OS/c1-13-5-2-3-7-15(13)11-18(23)22-19-21-12-17(24-19)10-14-6-4-8-16(20)9-14/h2-9,12H,10-11H2,1H3,(H,21,22,23).